The second kappa shape index (κ2) is 9.86. The minimum absolute atomic E-state index is 0.118. The summed E-state index contributed by atoms with van der Waals surface area (Å²) in [7, 11) is 0. The van der Waals surface area contributed by atoms with Gasteiger partial charge in [0.05, 0.1) is 6.04 Å². The molecule has 7 nitrogen and oxygen atoms in total. The van der Waals surface area contributed by atoms with Gasteiger partial charge in [0.2, 0.25) is 11.8 Å². The minimum atomic E-state index is -0.802. The lowest BCUT2D eigenvalue weighted by atomic mass is 9.54. The van der Waals surface area contributed by atoms with E-state index in [1.165, 1.54) is 32.1 Å². The van der Waals surface area contributed by atoms with E-state index in [0.29, 0.717) is 24.7 Å². The van der Waals surface area contributed by atoms with Crippen LogP contribution in [-0.4, -0.2) is 40.0 Å². The molecule has 4 aliphatic rings. The Morgan fingerprint density at radius 1 is 0.919 bits per heavy atom. The standard InChI is InChI=1S/C30H36N4O3/c31-25(14-17-5-7-23(35)8-6-17)29(36)33-27(15-22-16-32-26-4-2-1-3-24(22)26)30(37)34-28-20-10-18-9-19(12-20)13-21(28)11-18/h1-8,16,18-21,25,27-28,32,35H,9-15,31H2,(H,33,36)(H,34,37)/t18?,19?,20?,21?,25-,27+,28?/m0/s1. The van der Waals surface area contributed by atoms with Crippen LogP contribution in [0.5, 0.6) is 5.75 Å². The van der Waals surface area contributed by atoms with Crippen molar-refractivity contribution in [2.45, 2.75) is 63.1 Å². The van der Waals surface area contributed by atoms with Crippen LogP contribution in [0.15, 0.2) is 54.7 Å². The normalized spacial score (nSPS) is 27.6. The summed E-state index contributed by atoms with van der Waals surface area (Å²) < 4.78 is 0. The Labute approximate surface area is 217 Å². The zero-order chi connectivity index (χ0) is 25.5. The first kappa shape index (κ1) is 24.0. The van der Waals surface area contributed by atoms with Gasteiger partial charge in [-0.2, -0.15) is 0 Å². The first-order valence-corrected chi connectivity index (χ1v) is 13.6. The second-order valence-corrected chi connectivity index (χ2v) is 11.6. The maximum Gasteiger partial charge on any atom is 0.243 e. The fourth-order valence-electron chi connectivity index (χ4n) is 7.41. The Morgan fingerprint density at radius 2 is 1.59 bits per heavy atom. The topological polar surface area (TPSA) is 120 Å². The summed E-state index contributed by atoms with van der Waals surface area (Å²) in [4.78, 5) is 30.2. The zero-order valence-electron chi connectivity index (χ0n) is 21.0. The zero-order valence-corrected chi connectivity index (χ0v) is 21.0. The Morgan fingerprint density at radius 3 is 2.30 bits per heavy atom. The van der Waals surface area contributed by atoms with E-state index in [4.69, 9.17) is 5.73 Å². The summed E-state index contributed by atoms with van der Waals surface area (Å²) in [5.74, 6) is 2.47. The number of phenolic OH excluding ortho intramolecular Hbond substituents is 1. The van der Waals surface area contributed by atoms with E-state index in [9.17, 15) is 14.7 Å². The second-order valence-electron chi connectivity index (χ2n) is 11.6. The van der Waals surface area contributed by atoms with Crippen molar-refractivity contribution in [3.8, 4) is 5.75 Å². The molecule has 0 aliphatic heterocycles. The van der Waals surface area contributed by atoms with Gasteiger partial charge in [-0.15, -0.1) is 0 Å². The fraction of sp³-hybridized carbons (Fsp3) is 0.467. The van der Waals surface area contributed by atoms with Crippen molar-refractivity contribution in [1.82, 2.24) is 15.6 Å². The number of nitrogens with one attached hydrogen (secondary N) is 3. The van der Waals surface area contributed by atoms with Crippen LogP contribution in [0.3, 0.4) is 0 Å². The van der Waals surface area contributed by atoms with Crippen molar-refractivity contribution in [3.63, 3.8) is 0 Å². The lowest BCUT2D eigenvalue weighted by Crippen LogP contribution is -2.60. The number of nitrogens with two attached hydrogens (primary N) is 1. The van der Waals surface area contributed by atoms with Gasteiger partial charge in [0, 0.05) is 29.6 Å². The molecule has 3 aromatic rings. The molecule has 0 unspecified atom stereocenters. The van der Waals surface area contributed by atoms with Gasteiger partial charge in [-0.05, 0) is 91.5 Å². The van der Waals surface area contributed by atoms with Gasteiger partial charge in [-0.1, -0.05) is 30.3 Å². The van der Waals surface area contributed by atoms with Gasteiger partial charge in [-0.3, -0.25) is 9.59 Å². The van der Waals surface area contributed by atoms with Crippen LogP contribution in [0.1, 0.15) is 43.2 Å². The average molecular weight is 501 g/mol. The number of carbonyl (C=O) groups is 2. The van der Waals surface area contributed by atoms with E-state index in [1.54, 1.807) is 24.3 Å². The Bertz CT molecular complexity index is 1260. The highest BCUT2D eigenvalue weighted by Crippen LogP contribution is 2.53. The molecule has 6 N–H and O–H groups in total. The lowest BCUT2D eigenvalue weighted by Gasteiger charge is -2.54. The molecular weight excluding hydrogens is 464 g/mol. The largest absolute Gasteiger partial charge is 0.508 e. The van der Waals surface area contributed by atoms with Gasteiger partial charge in [0.15, 0.2) is 0 Å². The molecule has 4 aliphatic carbocycles. The Kier molecular flexibility index (Phi) is 6.41. The van der Waals surface area contributed by atoms with Gasteiger partial charge in [0.1, 0.15) is 11.8 Å². The minimum Gasteiger partial charge on any atom is -0.508 e. The van der Waals surface area contributed by atoms with Crippen LogP contribution in [0.25, 0.3) is 10.9 Å². The molecular formula is C30H36N4O3. The number of fused-ring (bicyclic) bond motifs is 1. The molecule has 0 saturated heterocycles. The molecule has 7 rings (SSSR count). The summed E-state index contributed by atoms with van der Waals surface area (Å²) in [6.45, 7) is 0. The maximum absolute atomic E-state index is 13.7. The van der Waals surface area contributed by atoms with Crippen LogP contribution in [0.2, 0.25) is 0 Å². The molecule has 4 bridgehead atoms. The molecule has 0 radical (unpaired) electrons. The highest BCUT2D eigenvalue weighted by molar-refractivity contribution is 5.91. The number of hydrogen-bond donors (Lipinski definition) is 5. The Balaban J connectivity index is 1.19. The molecule has 2 amide bonds. The lowest BCUT2D eigenvalue weighted by molar-refractivity contribution is -0.131. The molecule has 1 aromatic heterocycles. The highest BCUT2D eigenvalue weighted by Gasteiger charge is 2.49. The molecule has 37 heavy (non-hydrogen) atoms. The van der Waals surface area contributed by atoms with E-state index < -0.39 is 12.1 Å². The quantitative estimate of drug-likeness (QED) is 0.326. The number of rotatable bonds is 8. The molecule has 2 atom stereocenters. The van der Waals surface area contributed by atoms with Crippen LogP contribution in [0.4, 0.5) is 0 Å². The average Bonchev–Trinajstić information content (AvgIpc) is 3.29. The third-order valence-corrected chi connectivity index (χ3v) is 9.00. The van der Waals surface area contributed by atoms with Gasteiger partial charge < -0.3 is 26.5 Å². The number of phenols is 1. The van der Waals surface area contributed by atoms with Crippen molar-refractivity contribution < 1.29 is 14.7 Å². The van der Waals surface area contributed by atoms with Crippen molar-refractivity contribution in [3.05, 3.63) is 65.9 Å². The van der Waals surface area contributed by atoms with Crippen molar-refractivity contribution in [2.24, 2.45) is 29.4 Å². The van der Waals surface area contributed by atoms with Crippen LogP contribution in [0, 0.1) is 23.7 Å². The number of aromatic nitrogens is 1. The molecule has 194 valence electrons. The number of hydrogen-bond acceptors (Lipinski definition) is 4. The van der Waals surface area contributed by atoms with E-state index >= 15 is 0 Å². The third-order valence-electron chi connectivity index (χ3n) is 9.00. The summed E-state index contributed by atoms with van der Waals surface area (Å²) in [5.41, 5.74) is 9.12. The van der Waals surface area contributed by atoms with Crippen LogP contribution >= 0.6 is 0 Å². The number of benzene rings is 2. The maximum atomic E-state index is 13.7. The number of H-pyrrole nitrogens is 1. The molecule has 2 aromatic carbocycles. The first-order chi connectivity index (χ1) is 17.9. The predicted octanol–water partition coefficient (Wildman–Crippen LogP) is 3.41. The summed E-state index contributed by atoms with van der Waals surface area (Å²) in [6, 6.07) is 13.4. The third kappa shape index (κ3) is 4.97. The van der Waals surface area contributed by atoms with E-state index in [1.807, 2.05) is 30.5 Å². The van der Waals surface area contributed by atoms with Crippen LogP contribution < -0.4 is 16.4 Å². The smallest absolute Gasteiger partial charge is 0.243 e. The van der Waals surface area contributed by atoms with Crippen molar-refractivity contribution in [2.75, 3.05) is 0 Å². The molecule has 4 fully saturated rings. The molecule has 7 heteroatoms. The number of amides is 2. The monoisotopic (exact) mass is 500 g/mol. The van der Waals surface area contributed by atoms with E-state index in [0.717, 1.165) is 33.9 Å². The summed E-state index contributed by atoms with van der Waals surface area (Å²) in [5, 5.41) is 17.0. The van der Waals surface area contributed by atoms with E-state index in [2.05, 4.69) is 15.6 Å². The molecule has 1 heterocycles. The SMILES string of the molecule is N[C@@H](Cc1ccc(O)cc1)C(=O)N[C@H](Cc1c[nH]c2ccccc12)C(=O)NC1C2CC3CC(C2)CC1C3. The number of carbonyl (C=O) groups excluding carboxylic acids is 2. The van der Waals surface area contributed by atoms with Gasteiger partial charge in [0.25, 0.3) is 0 Å². The number of aromatic hydroxyl groups is 1. The van der Waals surface area contributed by atoms with Crippen molar-refractivity contribution in [1.29, 1.82) is 0 Å². The summed E-state index contributed by atoms with van der Waals surface area (Å²) >= 11 is 0. The number of aromatic amines is 1. The predicted molar refractivity (Wildman–Crippen MR) is 143 cm³/mol. The van der Waals surface area contributed by atoms with Crippen LogP contribution in [-0.2, 0) is 22.4 Å². The Hall–Kier alpha value is -3.32. The van der Waals surface area contributed by atoms with Crippen molar-refractivity contribution >= 4 is 22.7 Å². The fourth-order valence-corrected chi connectivity index (χ4v) is 7.41. The van der Waals surface area contributed by atoms with E-state index in [-0.39, 0.29) is 23.6 Å². The molecule has 0 spiro atoms. The first-order valence-electron chi connectivity index (χ1n) is 13.6. The summed E-state index contributed by atoms with van der Waals surface area (Å²) in [6.07, 6.45) is 8.87. The number of para-hydroxylation sites is 1. The van der Waals surface area contributed by atoms with Gasteiger partial charge in [-0.25, -0.2) is 0 Å². The molecule has 4 saturated carbocycles. The highest BCUT2D eigenvalue weighted by atomic mass is 16.3. The van der Waals surface area contributed by atoms with Gasteiger partial charge >= 0.3 is 0 Å².